The van der Waals surface area contributed by atoms with E-state index < -0.39 is 10.0 Å². The molecule has 0 aliphatic rings. The molecule has 3 N–H and O–H groups in total. The molecule has 0 bridgehead atoms. The number of nitrogens with two attached hydrogens (primary N) is 1. The van der Waals surface area contributed by atoms with Gasteiger partial charge in [-0.05, 0) is 24.3 Å². The number of aliphatic hydroxyl groups is 1. The summed E-state index contributed by atoms with van der Waals surface area (Å²) in [7, 11) is -3.37. The second-order valence-corrected chi connectivity index (χ2v) is 7.36. The van der Waals surface area contributed by atoms with E-state index in [4.69, 9.17) is 10.8 Å². The smallest absolute Gasteiger partial charge is 0.215 e. The monoisotopic (exact) mass is 316 g/mol. The molecule has 1 aromatic carbocycles. The number of aliphatic hydroxyl groups excluding tert-OH is 1. The van der Waals surface area contributed by atoms with Crippen LogP contribution in [0.2, 0.25) is 0 Å². The number of hydrogen-bond donors (Lipinski definition) is 2. The summed E-state index contributed by atoms with van der Waals surface area (Å²) in [4.78, 5) is 0.979. The van der Waals surface area contributed by atoms with Crippen molar-refractivity contribution in [3.05, 3.63) is 36.9 Å². The van der Waals surface area contributed by atoms with Crippen LogP contribution in [0.25, 0.3) is 0 Å². The Bertz CT molecular complexity index is 515. The number of thioether (sulfide) groups is 1. The third kappa shape index (κ3) is 5.54. The Labute approximate surface area is 124 Å². The highest BCUT2D eigenvalue weighted by atomic mass is 32.2. The van der Waals surface area contributed by atoms with Gasteiger partial charge >= 0.3 is 0 Å². The Hall–Kier alpha value is -1.02. The van der Waals surface area contributed by atoms with Crippen molar-refractivity contribution in [3.8, 4) is 0 Å². The van der Waals surface area contributed by atoms with E-state index in [0.29, 0.717) is 11.4 Å². The van der Waals surface area contributed by atoms with Gasteiger partial charge in [0.15, 0.2) is 0 Å². The average Bonchev–Trinajstić information content (AvgIpc) is 2.41. The molecule has 5 nitrogen and oxygen atoms in total. The summed E-state index contributed by atoms with van der Waals surface area (Å²) in [6.45, 7) is 3.65. The highest BCUT2D eigenvalue weighted by Crippen LogP contribution is 2.19. The van der Waals surface area contributed by atoms with Crippen LogP contribution in [0.5, 0.6) is 0 Å². The lowest BCUT2D eigenvalue weighted by Gasteiger charge is -2.19. The van der Waals surface area contributed by atoms with Crippen LogP contribution in [0.4, 0.5) is 5.69 Å². The van der Waals surface area contributed by atoms with Crippen LogP contribution in [0, 0.1) is 0 Å². The zero-order valence-electron chi connectivity index (χ0n) is 11.2. The number of rotatable bonds is 9. The summed E-state index contributed by atoms with van der Waals surface area (Å²) in [5.41, 5.74) is 6.27. The molecule has 112 valence electrons. The Balaban J connectivity index is 2.53. The van der Waals surface area contributed by atoms with E-state index in [1.165, 1.54) is 22.1 Å². The average molecular weight is 316 g/mol. The zero-order valence-corrected chi connectivity index (χ0v) is 12.9. The van der Waals surface area contributed by atoms with Crippen LogP contribution in [0.3, 0.4) is 0 Å². The normalized spacial score (nSPS) is 11.7. The minimum absolute atomic E-state index is 0.0237. The first-order chi connectivity index (χ1) is 9.49. The molecule has 0 spiro atoms. The van der Waals surface area contributed by atoms with Gasteiger partial charge < -0.3 is 10.8 Å². The number of nitrogens with zero attached hydrogens (tertiary/aromatic N) is 1. The highest BCUT2D eigenvalue weighted by Gasteiger charge is 2.19. The van der Waals surface area contributed by atoms with Crippen molar-refractivity contribution in [1.82, 2.24) is 4.31 Å². The van der Waals surface area contributed by atoms with Crippen LogP contribution in [0.15, 0.2) is 41.8 Å². The molecule has 0 saturated heterocycles. The molecule has 20 heavy (non-hydrogen) atoms. The molecule has 0 heterocycles. The van der Waals surface area contributed by atoms with Crippen molar-refractivity contribution in [3.63, 3.8) is 0 Å². The van der Waals surface area contributed by atoms with Crippen LogP contribution in [-0.4, -0.2) is 49.0 Å². The molecule has 0 fully saturated rings. The molecule has 1 aromatic rings. The van der Waals surface area contributed by atoms with Gasteiger partial charge in [0.25, 0.3) is 0 Å². The molecule has 0 saturated carbocycles. The van der Waals surface area contributed by atoms with Crippen molar-refractivity contribution in [2.45, 2.75) is 4.90 Å². The lowest BCUT2D eigenvalue weighted by atomic mass is 10.3. The summed E-state index contributed by atoms with van der Waals surface area (Å²) in [6, 6.07) is 7.29. The van der Waals surface area contributed by atoms with Gasteiger partial charge in [0, 0.05) is 29.4 Å². The third-order valence-electron chi connectivity index (χ3n) is 2.57. The van der Waals surface area contributed by atoms with E-state index in [1.807, 2.05) is 12.1 Å². The maximum atomic E-state index is 12.1. The number of hydrogen-bond acceptors (Lipinski definition) is 5. The lowest BCUT2D eigenvalue weighted by molar-refractivity contribution is 0.260. The topological polar surface area (TPSA) is 83.6 Å². The standard InChI is InChI=1S/C13H20N2O3S2/c1-2-7-15(8-9-16)20(17,18)11-10-19-13-5-3-12(14)4-6-13/h2-6,16H,1,7-11,14H2. The van der Waals surface area contributed by atoms with Gasteiger partial charge in [0.2, 0.25) is 10.0 Å². The van der Waals surface area contributed by atoms with Gasteiger partial charge in [0.05, 0.1) is 12.4 Å². The second-order valence-electron chi connectivity index (χ2n) is 4.10. The van der Waals surface area contributed by atoms with Gasteiger partial charge in [0.1, 0.15) is 0 Å². The molecule has 0 amide bonds. The molecule has 0 unspecified atom stereocenters. The molecule has 7 heteroatoms. The maximum absolute atomic E-state index is 12.1. The second kappa shape index (κ2) is 8.31. The summed E-state index contributed by atoms with van der Waals surface area (Å²) >= 11 is 1.46. The molecular formula is C13H20N2O3S2. The number of benzene rings is 1. The largest absolute Gasteiger partial charge is 0.399 e. The van der Waals surface area contributed by atoms with Gasteiger partial charge in [-0.15, -0.1) is 18.3 Å². The van der Waals surface area contributed by atoms with Gasteiger partial charge in [-0.25, -0.2) is 8.42 Å². The third-order valence-corrected chi connectivity index (χ3v) is 5.68. The van der Waals surface area contributed by atoms with Crippen LogP contribution in [-0.2, 0) is 10.0 Å². The summed E-state index contributed by atoms with van der Waals surface area (Å²) in [5.74, 6) is 0.473. The molecule has 0 atom stereocenters. The van der Waals surface area contributed by atoms with Gasteiger partial charge in [-0.3, -0.25) is 0 Å². The maximum Gasteiger partial charge on any atom is 0.215 e. The first-order valence-electron chi connectivity index (χ1n) is 6.17. The fraction of sp³-hybridized carbons (Fsp3) is 0.385. The number of nitrogen functional groups attached to an aromatic ring is 1. The highest BCUT2D eigenvalue weighted by molar-refractivity contribution is 8.00. The van der Waals surface area contributed by atoms with Crippen molar-refractivity contribution >= 4 is 27.5 Å². The molecule has 0 radical (unpaired) electrons. The van der Waals surface area contributed by atoms with Gasteiger partial charge in [-0.1, -0.05) is 6.08 Å². The Morgan fingerprint density at radius 1 is 1.35 bits per heavy atom. The molecular weight excluding hydrogens is 296 g/mol. The minimum Gasteiger partial charge on any atom is -0.399 e. The summed E-state index contributed by atoms with van der Waals surface area (Å²) < 4.78 is 25.4. The van der Waals surface area contributed by atoms with E-state index in [2.05, 4.69) is 6.58 Å². The predicted octanol–water partition coefficient (Wildman–Crippen LogP) is 1.17. The molecule has 0 aliphatic heterocycles. The van der Waals surface area contributed by atoms with Crippen molar-refractivity contribution < 1.29 is 13.5 Å². The van der Waals surface area contributed by atoms with Crippen LogP contribution >= 0.6 is 11.8 Å². The summed E-state index contributed by atoms with van der Waals surface area (Å²) in [5, 5.41) is 8.90. The SMILES string of the molecule is C=CCN(CCO)S(=O)(=O)CCSc1ccc(N)cc1. The molecule has 1 rings (SSSR count). The van der Waals surface area contributed by atoms with E-state index >= 15 is 0 Å². The van der Waals surface area contributed by atoms with Crippen molar-refractivity contribution in [1.29, 1.82) is 0 Å². The number of anilines is 1. The van der Waals surface area contributed by atoms with Crippen molar-refractivity contribution in [2.24, 2.45) is 0 Å². The Kier molecular flexibility index (Phi) is 7.08. The van der Waals surface area contributed by atoms with E-state index in [0.717, 1.165) is 4.90 Å². The van der Waals surface area contributed by atoms with E-state index in [9.17, 15) is 8.42 Å². The van der Waals surface area contributed by atoms with Crippen LogP contribution in [0.1, 0.15) is 0 Å². The predicted molar refractivity (Wildman–Crippen MR) is 84.2 cm³/mol. The Morgan fingerprint density at radius 3 is 2.55 bits per heavy atom. The van der Waals surface area contributed by atoms with Crippen molar-refractivity contribution in [2.75, 3.05) is 36.9 Å². The fourth-order valence-electron chi connectivity index (χ4n) is 1.56. The number of sulfonamides is 1. The van der Waals surface area contributed by atoms with E-state index in [1.54, 1.807) is 12.1 Å². The summed E-state index contributed by atoms with van der Waals surface area (Å²) in [6.07, 6.45) is 1.51. The molecule has 0 aliphatic carbocycles. The fourth-order valence-corrected chi connectivity index (χ4v) is 4.25. The zero-order chi connectivity index (χ0) is 15.0. The first-order valence-corrected chi connectivity index (χ1v) is 8.77. The van der Waals surface area contributed by atoms with Crippen LogP contribution < -0.4 is 5.73 Å². The van der Waals surface area contributed by atoms with E-state index in [-0.39, 0.29) is 25.4 Å². The van der Waals surface area contributed by atoms with Gasteiger partial charge in [-0.2, -0.15) is 4.31 Å². The lowest BCUT2D eigenvalue weighted by Crippen LogP contribution is -2.36. The molecule has 0 aromatic heterocycles. The quantitative estimate of drug-likeness (QED) is 0.406. The first kappa shape index (κ1) is 17.0. The Morgan fingerprint density at radius 2 is 2.00 bits per heavy atom. The minimum atomic E-state index is -3.37.